The predicted octanol–water partition coefficient (Wildman–Crippen LogP) is 7.31. The van der Waals surface area contributed by atoms with Crippen LogP contribution in [0.3, 0.4) is 0 Å². The Bertz CT molecular complexity index is 1540. The van der Waals surface area contributed by atoms with Gasteiger partial charge in [-0.2, -0.15) is 0 Å². The van der Waals surface area contributed by atoms with Crippen molar-refractivity contribution in [1.29, 1.82) is 0 Å². The number of fused-ring (bicyclic) bond motifs is 2. The Hall–Kier alpha value is -3.26. The normalized spacial score (nSPS) is 18.5. The van der Waals surface area contributed by atoms with Gasteiger partial charge >= 0.3 is 0 Å². The molecular formula is C30H28ClFN2O. The number of nitrogens with one attached hydrogen (secondary N) is 2. The molecular weight excluding hydrogens is 459 g/mol. The topological polar surface area (TPSA) is 48.0 Å². The molecule has 0 unspecified atom stereocenters. The second kappa shape index (κ2) is 8.45. The van der Waals surface area contributed by atoms with E-state index in [1.165, 1.54) is 6.07 Å². The zero-order chi connectivity index (χ0) is 25.1. The van der Waals surface area contributed by atoms with E-state index >= 15 is 0 Å². The number of benzene rings is 3. The van der Waals surface area contributed by atoms with Crippen molar-refractivity contribution in [2.45, 2.75) is 52.2 Å². The van der Waals surface area contributed by atoms with Crippen molar-refractivity contribution in [2.75, 3.05) is 5.32 Å². The van der Waals surface area contributed by atoms with Gasteiger partial charge in [0.15, 0.2) is 5.82 Å². The number of aliphatic hydroxyl groups excluding tert-OH is 1. The van der Waals surface area contributed by atoms with Gasteiger partial charge in [0.1, 0.15) is 0 Å². The second-order valence-electron chi connectivity index (χ2n) is 10.0. The third-order valence-electron chi connectivity index (χ3n) is 7.16. The molecule has 0 saturated heterocycles. The summed E-state index contributed by atoms with van der Waals surface area (Å²) in [6.45, 7) is 10.2. The highest BCUT2D eigenvalue weighted by Gasteiger charge is 2.40. The van der Waals surface area contributed by atoms with E-state index in [-0.39, 0.29) is 16.5 Å². The van der Waals surface area contributed by atoms with Gasteiger partial charge in [0, 0.05) is 39.9 Å². The van der Waals surface area contributed by atoms with E-state index in [2.05, 4.69) is 54.2 Å². The van der Waals surface area contributed by atoms with Crippen LogP contribution in [0.1, 0.15) is 54.5 Å². The molecule has 3 N–H and O–H groups in total. The van der Waals surface area contributed by atoms with Crippen molar-refractivity contribution in [3.8, 4) is 23.0 Å². The molecule has 3 nitrogen and oxygen atoms in total. The highest BCUT2D eigenvalue weighted by atomic mass is 35.5. The first kappa shape index (κ1) is 23.5. The van der Waals surface area contributed by atoms with Crippen molar-refractivity contribution in [3.63, 3.8) is 0 Å². The predicted molar refractivity (Wildman–Crippen MR) is 143 cm³/mol. The molecule has 3 aromatic carbocycles. The summed E-state index contributed by atoms with van der Waals surface area (Å²) in [5.74, 6) is 5.61. The summed E-state index contributed by atoms with van der Waals surface area (Å²) in [6, 6.07) is 13.2. The fourth-order valence-electron chi connectivity index (χ4n) is 5.24. The van der Waals surface area contributed by atoms with Crippen LogP contribution in [0.2, 0.25) is 5.02 Å². The summed E-state index contributed by atoms with van der Waals surface area (Å²) < 4.78 is 14.7. The second-order valence-corrected chi connectivity index (χ2v) is 10.4. The molecule has 5 rings (SSSR count). The zero-order valence-electron chi connectivity index (χ0n) is 20.5. The van der Waals surface area contributed by atoms with Crippen LogP contribution in [0.25, 0.3) is 22.0 Å². The number of rotatable bonds is 1. The SMILES string of the molecule is Cc1cc(-c2cccc3c(C)c[nH]c23)c(C#Cc2cccc(Cl)c2F)c2c1NC(C)(C)[C@H](O)[C@H]2C. The molecule has 0 spiro atoms. The molecule has 0 fully saturated rings. The summed E-state index contributed by atoms with van der Waals surface area (Å²) >= 11 is 6.01. The van der Waals surface area contributed by atoms with Gasteiger partial charge < -0.3 is 15.4 Å². The molecule has 0 aliphatic carbocycles. The van der Waals surface area contributed by atoms with Crippen molar-refractivity contribution in [3.05, 3.63) is 87.3 Å². The van der Waals surface area contributed by atoms with Gasteiger partial charge in [-0.05, 0) is 62.6 Å². The molecule has 1 aromatic heterocycles. The first-order valence-electron chi connectivity index (χ1n) is 11.8. The largest absolute Gasteiger partial charge is 0.390 e. The number of H-pyrrole nitrogens is 1. The van der Waals surface area contributed by atoms with Gasteiger partial charge in [0.25, 0.3) is 0 Å². The Balaban J connectivity index is 1.84. The molecule has 2 atom stereocenters. The van der Waals surface area contributed by atoms with Gasteiger partial charge in [0.2, 0.25) is 0 Å². The van der Waals surface area contributed by atoms with Crippen LogP contribution >= 0.6 is 11.6 Å². The average Bonchev–Trinajstić information content (AvgIpc) is 3.20. The molecule has 2 heterocycles. The van der Waals surface area contributed by atoms with E-state index in [9.17, 15) is 9.50 Å². The van der Waals surface area contributed by atoms with Gasteiger partial charge in [-0.25, -0.2) is 4.39 Å². The summed E-state index contributed by atoms with van der Waals surface area (Å²) in [5, 5.41) is 15.9. The number of aryl methyl sites for hydroxylation is 2. The van der Waals surface area contributed by atoms with E-state index < -0.39 is 17.5 Å². The maximum Gasteiger partial charge on any atom is 0.157 e. The van der Waals surface area contributed by atoms with Crippen molar-refractivity contribution >= 4 is 28.2 Å². The molecule has 1 aliphatic rings. The number of aliphatic hydroxyl groups is 1. The Morgan fingerprint density at radius 1 is 1.03 bits per heavy atom. The minimum Gasteiger partial charge on any atom is -0.390 e. The molecule has 5 heteroatoms. The molecule has 0 amide bonds. The molecule has 1 aliphatic heterocycles. The van der Waals surface area contributed by atoms with Crippen LogP contribution in [-0.2, 0) is 0 Å². The summed E-state index contributed by atoms with van der Waals surface area (Å²) in [4.78, 5) is 3.41. The lowest BCUT2D eigenvalue weighted by Gasteiger charge is -2.43. The standard InChI is InChI=1S/C30H28ClFN2O/c1-16-14-23(22-10-7-9-20-17(2)15-33-28(20)22)21(13-12-19-8-6-11-24(31)26(19)32)25-18(3)29(35)30(4,5)34-27(16)25/h6-11,14-15,18,29,33-35H,1-5H3/t18-,29+/m0/s1. The van der Waals surface area contributed by atoms with E-state index in [4.69, 9.17) is 11.6 Å². The lowest BCUT2D eigenvalue weighted by molar-refractivity contribution is 0.0868. The highest BCUT2D eigenvalue weighted by molar-refractivity contribution is 6.30. The number of aromatic amines is 1. The number of anilines is 1. The number of para-hydroxylation sites is 1. The first-order chi connectivity index (χ1) is 16.6. The molecule has 0 bridgehead atoms. The number of hydrogen-bond donors (Lipinski definition) is 3. The Morgan fingerprint density at radius 2 is 1.77 bits per heavy atom. The lowest BCUT2D eigenvalue weighted by atomic mass is 9.75. The van der Waals surface area contributed by atoms with Crippen molar-refractivity contribution in [1.82, 2.24) is 4.98 Å². The third-order valence-corrected chi connectivity index (χ3v) is 7.46. The minimum absolute atomic E-state index is 0.0433. The third kappa shape index (κ3) is 3.80. The van der Waals surface area contributed by atoms with Crippen LogP contribution in [0.5, 0.6) is 0 Å². The van der Waals surface area contributed by atoms with Crippen LogP contribution < -0.4 is 5.32 Å². The fraction of sp³-hybridized carbons (Fsp3) is 0.267. The summed E-state index contributed by atoms with van der Waals surface area (Å²) in [7, 11) is 0. The average molecular weight is 487 g/mol. The van der Waals surface area contributed by atoms with Gasteiger partial charge in [-0.15, -0.1) is 0 Å². The maximum atomic E-state index is 14.7. The van der Waals surface area contributed by atoms with Gasteiger partial charge in [0.05, 0.1) is 27.7 Å². The number of halogens is 2. The number of aromatic nitrogens is 1. The number of hydrogen-bond acceptors (Lipinski definition) is 2. The summed E-state index contributed by atoms with van der Waals surface area (Å²) in [5.41, 5.74) is 7.66. The molecule has 0 radical (unpaired) electrons. The summed E-state index contributed by atoms with van der Waals surface area (Å²) in [6.07, 6.45) is 1.37. The van der Waals surface area contributed by atoms with Crippen molar-refractivity contribution < 1.29 is 9.50 Å². The Morgan fingerprint density at radius 3 is 2.54 bits per heavy atom. The van der Waals surface area contributed by atoms with E-state index in [1.807, 2.05) is 33.0 Å². The lowest BCUT2D eigenvalue weighted by Crippen LogP contribution is -2.50. The van der Waals surface area contributed by atoms with Crippen LogP contribution in [0.4, 0.5) is 10.1 Å². The molecule has 35 heavy (non-hydrogen) atoms. The van der Waals surface area contributed by atoms with Gasteiger partial charge in [-0.1, -0.05) is 54.6 Å². The minimum atomic E-state index is -0.628. The monoisotopic (exact) mass is 486 g/mol. The van der Waals surface area contributed by atoms with Crippen LogP contribution in [-0.4, -0.2) is 21.7 Å². The molecule has 4 aromatic rings. The maximum absolute atomic E-state index is 14.7. The molecule has 178 valence electrons. The fourth-order valence-corrected chi connectivity index (χ4v) is 5.41. The zero-order valence-corrected chi connectivity index (χ0v) is 21.2. The van der Waals surface area contributed by atoms with Crippen molar-refractivity contribution in [2.24, 2.45) is 0 Å². The van der Waals surface area contributed by atoms with E-state index in [0.29, 0.717) is 0 Å². The molecule has 0 saturated carbocycles. The quantitative estimate of drug-likeness (QED) is 0.247. The van der Waals surface area contributed by atoms with E-state index in [0.717, 1.165) is 50.0 Å². The van der Waals surface area contributed by atoms with Gasteiger partial charge in [-0.3, -0.25) is 0 Å². The smallest absolute Gasteiger partial charge is 0.157 e. The Labute approximate surface area is 210 Å². The van der Waals surface area contributed by atoms with E-state index in [1.54, 1.807) is 12.1 Å². The first-order valence-corrected chi connectivity index (χ1v) is 12.1. The highest BCUT2D eigenvalue weighted by Crippen LogP contribution is 2.46. The van der Waals surface area contributed by atoms with Crippen LogP contribution in [0, 0.1) is 31.5 Å². The van der Waals surface area contributed by atoms with Crippen LogP contribution in [0.15, 0.2) is 48.7 Å². The Kier molecular flexibility index (Phi) is 5.67.